The predicted molar refractivity (Wildman–Crippen MR) is 151 cm³/mol. The first kappa shape index (κ1) is 28.5. The molecule has 0 spiro atoms. The molecule has 202 valence electrons. The zero-order valence-corrected chi connectivity index (χ0v) is 23.8. The monoisotopic (exact) mass is 530 g/mol. The van der Waals surface area contributed by atoms with E-state index in [4.69, 9.17) is 15.1 Å². The Morgan fingerprint density at radius 1 is 1.22 bits per heavy atom. The molecule has 12 heteroatoms. The topological polar surface area (TPSA) is 133 Å². The molecule has 0 radical (unpaired) electrons. The first-order valence-corrected chi connectivity index (χ1v) is 16.2. The summed E-state index contributed by atoms with van der Waals surface area (Å²) in [6.07, 6.45) is 1.06. The molecule has 5 N–H and O–H groups in total. The maximum Gasteiger partial charge on any atom is 0.231 e. The van der Waals surface area contributed by atoms with E-state index >= 15 is 0 Å². The average molecular weight is 531 g/mol. The Kier molecular flexibility index (Phi) is 8.87. The van der Waals surface area contributed by atoms with Crippen molar-refractivity contribution in [2.24, 2.45) is 0 Å². The number of aliphatic hydroxyl groups is 1. The lowest BCUT2D eigenvalue weighted by Gasteiger charge is -2.21. The zero-order valence-electron chi connectivity index (χ0n) is 22.8. The number of rotatable bonds is 13. The number of halogens is 1. The van der Waals surface area contributed by atoms with Gasteiger partial charge < -0.3 is 31.2 Å². The van der Waals surface area contributed by atoms with Crippen LogP contribution < -0.4 is 16.0 Å². The molecule has 2 heterocycles. The number of hydrogen-bond acceptors (Lipinski definition) is 9. The minimum Gasteiger partial charge on any atom is -0.389 e. The van der Waals surface area contributed by atoms with Crippen LogP contribution >= 0.6 is 0 Å². The summed E-state index contributed by atoms with van der Waals surface area (Å²) >= 11 is 0. The lowest BCUT2D eigenvalue weighted by molar-refractivity contribution is 0.0811. The second kappa shape index (κ2) is 11.5. The van der Waals surface area contributed by atoms with Crippen LogP contribution in [-0.4, -0.2) is 64.4 Å². The Morgan fingerprint density at radius 3 is 2.57 bits per heavy atom. The van der Waals surface area contributed by atoms with Crippen molar-refractivity contribution >= 4 is 48.5 Å². The lowest BCUT2D eigenvalue weighted by atomic mass is 10.1. The summed E-state index contributed by atoms with van der Waals surface area (Å²) in [5.41, 5.74) is 1.19. The molecule has 3 aromatic rings. The molecule has 1 aromatic carbocycles. The van der Waals surface area contributed by atoms with Gasteiger partial charge in [-0.05, 0) is 45.9 Å². The lowest BCUT2D eigenvalue weighted by Crippen LogP contribution is -2.30. The number of ether oxygens (including phenoxy) is 1. The second-order valence-corrected chi connectivity index (χ2v) is 16.5. The third-order valence-electron chi connectivity index (χ3n) is 5.60. The summed E-state index contributed by atoms with van der Waals surface area (Å²) in [7, 11) is -1.21. The molecule has 0 aliphatic heterocycles. The van der Waals surface area contributed by atoms with Crippen LogP contribution in [0, 0.1) is 18.2 Å². The maximum absolute atomic E-state index is 14.6. The van der Waals surface area contributed by atoms with Crippen LogP contribution in [0.15, 0.2) is 12.1 Å². The van der Waals surface area contributed by atoms with Crippen LogP contribution in [-0.2, 0) is 11.5 Å². The van der Waals surface area contributed by atoms with Crippen molar-refractivity contribution in [2.45, 2.75) is 65.7 Å². The fourth-order valence-electron chi connectivity index (χ4n) is 3.67. The molecule has 2 aromatic heterocycles. The Hall–Kier alpha value is -3.09. The van der Waals surface area contributed by atoms with Crippen molar-refractivity contribution in [1.82, 2.24) is 19.7 Å². The molecule has 0 saturated carbocycles. The summed E-state index contributed by atoms with van der Waals surface area (Å²) in [5.74, 6) is 0.372. The second-order valence-electron chi connectivity index (χ2n) is 10.9. The molecule has 0 aliphatic carbocycles. The van der Waals surface area contributed by atoms with Crippen LogP contribution in [0.25, 0.3) is 11.0 Å². The third kappa shape index (κ3) is 7.46. The minimum absolute atomic E-state index is 0.109. The van der Waals surface area contributed by atoms with Gasteiger partial charge in [0.05, 0.1) is 28.1 Å². The first-order valence-electron chi connectivity index (χ1n) is 12.5. The molecule has 3 rings (SSSR count). The normalized spacial score (nSPS) is 12.1. The van der Waals surface area contributed by atoms with Gasteiger partial charge in [-0.3, -0.25) is 0 Å². The Labute approximate surface area is 218 Å². The summed E-state index contributed by atoms with van der Waals surface area (Å²) in [6, 6.07) is 3.89. The average Bonchev–Trinajstić information content (AvgIpc) is 3.11. The highest BCUT2D eigenvalue weighted by atomic mass is 28.3. The van der Waals surface area contributed by atoms with Gasteiger partial charge in [0.15, 0.2) is 5.65 Å². The fraction of sp³-hybridized carbons (Fsp3) is 0.520. The summed E-state index contributed by atoms with van der Waals surface area (Å²) in [6.45, 7) is 15.7. The molecule has 0 saturated heterocycles. The van der Waals surface area contributed by atoms with E-state index in [1.807, 2.05) is 13.8 Å². The molecule has 10 nitrogen and oxygen atoms in total. The molecule has 0 aliphatic rings. The smallest absolute Gasteiger partial charge is 0.231 e. The van der Waals surface area contributed by atoms with Crippen LogP contribution in [0.5, 0.6) is 0 Å². The van der Waals surface area contributed by atoms with Crippen molar-refractivity contribution in [1.29, 1.82) is 5.41 Å². The highest BCUT2D eigenvalue weighted by Gasteiger charge is 2.20. The first-order chi connectivity index (χ1) is 17.3. The Bertz CT molecular complexity index is 1250. The van der Waals surface area contributed by atoms with E-state index < -0.39 is 19.5 Å². The van der Waals surface area contributed by atoms with Gasteiger partial charge in [0.2, 0.25) is 5.95 Å². The predicted octanol–water partition coefficient (Wildman–Crippen LogP) is 4.94. The van der Waals surface area contributed by atoms with Crippen molar-refractivity contribution in [3.8, 4) is 0 Å². The minimum atomic E-state index is -1.21. The van der Waals surface area contributed by atoms with E-state index in [1.165, 1.54) is 12.1 Å². The van der Waals surface area contributed by atoms with Crippen molar-refractivity contribution in [2.75, 3.05) is 35.6 Å². The molecular weight excluding hydrogens is 491 g/mol. The van der Waals surface area contributed by atoms with Gasteiger partial charge in [0, 0.05) is 39.5 Å². The van der Waals surface area contributed by atoms with Crippen molar-refractivity contribution in [3.05, 3.63) is 29.2 Å². The molecule has 0 unspecified atom stereocenters. The quantitative estimate of drug-likeness (QED) is 0.119. The van der Waals surface area contributed by atoms with Crippen LogP contribution in [0.1, 0.15) is 32.0 Å². The molecule has 0 fully saturated rings. The van der Waals surface area contributed by atoms with Crippen LogP contribution in [0.2, 0.25) is 25.7 Å². The van der Waals surface area contributed by atoms with E-state index in [9.17, 15) is 9.50 Å². The number of hydrogen-bond donors (Lipinski definition) is 5. The molecule has 0 amide bonds. The highest BCUT2D eigenvalue weighted by Crippen LogP contribution is 2.31. The van der Waals surface area contributed by atoms with E-state index in [-0.39, 0.29) is 30.5 Å². The van der Waals surface area contributed by atoms with Gasteiger partial charge in [-0.2, -0.15) is 15.1 Å². The molecular formula is C25H39FN8O2Si. The number of fused-ring (bicyclic) bond motifs is 1. The van der Waals surface area contributed by atoms with Gasteiger partial charge in [-0.1, -0.05) is 19.6 Å². The Balaban J connectivity index is 1.98. The number of aryl methyl sites for hydroxylation is 1. The number of nitrogens with zero attached hydrogens (tertiary/aromatic N) is 4. The van der Waals surface area contributed by atoms with E-state index in [0.29, 0.717) is 30.3 Å². The summed E-state index contributed by atoms with van der Waals surface area (Å²) < 4.78 is 22.3. The summed E-state index contributed by atoms with van der Waals surface area (Å²) in [4.78, 5) is 9.36. The van der Waals surface area contributed by atoms with Crippen molar-refractivity contribution < 1.29 is 14.2 Å². The standard InChI is InChI=1S/C25H39FN8O2Si/c1-8-28-22-20-16(2)33-34(15-36-11-12-37(5,6)7)23(20)32-24(31-22)30-19-10-9-18(26)21(17(19)13-27)29-14-25(3,4)35/h9-10,13,27,29,35H,8,11-12,14-15H2,1-7H3,(H2,28,30,31,32). The van der Waals surface area contributed by atoms with Crippen LogP contribution in [0.3, 0.4) is 0 Å². The molecule has 0 bridgehead atoms. The molecule has 37 heavy (non-hydrogen) atoms. The zero-order chi connectivity index (χ0) is 27.4. The molecule has 0 atom stereocenters. The van der Waals surface area contributed by atoms with E-state index in [1.54, 1.807) is 18.5 Å². The fourth-order valence-corrected chi connectivity index (χ4v) is 4.43. The summed E-state index contributed by atoms with van der Waals surface area (Å²) in [5, 5.41) is 32.8. The number of anilines is 4. The van der Waals surface area contributed by atoms with E-state index in [0.717, 1.165) is 23.3 Å². The van der Waals surface area contributed by atoms with Gasteiger partial charge in [-0.15, -0.1) is 0 Å². The van der Waals surface area contributed by atoms with E-state index in [2.05, 4.69) is 45.7 Å². The maximum atomic E-state index is 14.6. The van der Waals surface area contributed by atoms with Gasteiger partial charge in [0.25, 0.3) is 0 Å². The number of nitrogens with one attached hydrogen (secondary N) is 4. The van der Waals surface area contributed by atoms with Crippen molar-refractivity contribution in [3.63, 3.8) is 0 Å². The van der Waals surface area contributed by atoms with Gasteiger partial charge in [0.1, 0.15) is 18.4 Å². The third-order valence-corrected chi connectivity index (χ3v) is 7.31. The van der Waals surface area contributed by atoms with Gasteiger partial charge >= 0.3 is 0 Å². The number of benzene rings is 1. The Morgan fingerprint density at radius 2 is 1.95 bits per heavy atom. The SMILES string of the molecule is CCNc1nc(Nc2ccc(F)c(NCC(C)(C)O)c2C=N)nc2c1c(C)nn2COCC[Si](C)(C)C. The largest absolute Gasteiger partial charge is 0.389 e. The van der Waals surface area contributed by atoms with Gasteiger partial charge in [-0.25, -0.2) is 9.07 Å². The highest BCUT2D eigenvalue weighted by molar-refractivity contribution is 6.76. The van der Waals surface area contributed by atoms with Crippen LogP contribution in [0.4, 0.5) is 27.5 Å². The number of aromatic nitrogens is 4.